The van der Waals surface area contributed by atoms with Crippen LogP contribution in [-0.2, 0) is 0 Å². The van der Waals surface area contributed by atoms with Gasteiger partial charge in [-0.05, 0) is 75.8 Å². The van der Waals surface area contributed by atoms with Crippen molar-refractivity contribution < 1.29 is 0 Å². The highest BCUT2D eigenvalue weighted by atomic mass is 14.9. The number of pyridine rings is 3. The third kappa shape index (κ3) is 6.82. The first-order chi connectivity index (χ1) is 26.7. The molecule has 0 N–H and O–H groups in total. The molecular weight excluding hydrogens is 659 g/mol. The monoisotopic (exact) mass is 691 g/mol. The van der Waals surface area contributed by atoms with Crippen molar-refractivity contribution in [2.45, 2.75) is 0 Å². The molecule has 254 valence electrons. The summed E-state index contributed by atoms with van der Waals surface area (Å²) in [6.45, 7) is 0. The molecule has 5 nitrogen and oxygen atoms in total. The van der Waals surface area contributed by atoms with Crippen molar-refractivity contribution >= 4 is 0 Å². The molecule has 0 aliphatic carbocycles. The third-order valence-electron chi connectivity index (χ3n) is 9.44. The fourth-order valence-electron chi connectivity index (χ4n) is 6.72. The highest BCUT2D eigenvalue weighted by molar-refractivity contribution is 5.86. The van der Waals surface area contributed by atoms with Gasteiger partial charge in [-0.1, -0.05) is 146 Å². The van der Waals surface area contributed by atoms with Crippen LogP contribution in [-0.4, -0.2) is 24.9 Å². The van der Waals surface area contributed by atoms with E-state index < -0.39 is 0 Å². The zero-order valence-electron chi connectivity index (χ0n) is 29.3. The highest BCUT2D eigenvalue weighted by Gasteiger charge is 2.15. The summed E-state index contributed by atoms with van der Waals surface area (Å²) in [5.41, 5.74) is 14.5. The molecule has 0 unspecified atom stereocenters. The molecule has 4 aromatic heterocycles. The molecule has 0 fully saturated rings. The summed E-state index contributed by atoms with van der Waals surface area (Å²) < 4.78 is 0. The number of benzene rings is 5. The van der Waals surface area contributed by atoms with Crippen LogP contribution < -0.4 is 0 Å². The molecule has 0 amide bonds. The maximum Gasteiger partial charge on any atom is 0.160 e. The molecule has 0 saturated carbocycles. The molecule has 0 saturated heterocycles. The predicted molar refractivity (Wildman–Crippen MR) is 219 cm³/mol. The van der Waals surface area contributed by atoms with E-state index in [4.69, 9.17) is 19.9 Å². The lowest BCUT2D eigenvalue weighted by molar-refractivity contribution is 1.18. The van der Waals surface area contributed by atoms with Gasteiger partial charge in [-0.3, -0.25) is 9.97 Å². The van der Waals surface area contributed by atoms with Crippen LogP contribution in [0.4, 0.5) is 0 Å². The Kier molecular flexibility index (Phi) is 8.86. The molecule has 54 heavy (non-hydrogen) atoms. The summed E-state index contributed by atoms with van der Waals surface area (Å²) in [5, 5.41) is 0. The second-order valence-electron chi connectivity index (χ2n) is 13.0. The maximum absolute atomic E-state index is 5.07. The Morgan fingerprint density at radius 3 is 1.35 bits per heavy atom. The van der Waals surface area contributed by atoms with Crippen molar-refractivity contribution in [3.8, 4) is 90.1 Å². The Bertz CT molecular complexity index is 2560. The second-order valence-corrected chi connectivity index (χ2v) is 13.0. The molecule has 5 aromatic carbocycles. The minimum absolute atomic E-state index is 0.684. The predicted octanol–water partition coefficient (Wildman–Crippen LogP) is 12.0. The quantitative estimate of drug-likeness (QED) is 0.159. The first-order valence-corrected chi connectivity index (χ1v) is 17.9. The van der Waals surface area contributed by atoms with Crippen LogP contribution in [0.3, 0.4) is 0 Å². The second kappa shape index (κ2) is 14.7. The van der Waals surface area contributed by atoms with E-state index in [1.165, 1.54) is 0 Å². The lowest BCUT2D eigenvalue weighted by Gasteiger charge is -2.13. The van der Waals surface area contributed by atoms with Crippen LogP contribution in [0.2, 0.25) is 0 Å². The average Bonchev–Trinajstić information content (AvgIpc) is 3.27. The molecule has 0 radical (unpaired) electrons. The Hall–Kier alpha value is -7.37. The first kappa shape index (κ1) is 32.5. The Balaban J connectivity index is 1.08. The largest absolute Gasteiger partial charge is 0.255 e. The van der Waals surface area contributed by atoms with Crippen molar-refractivity contribution in [1.29, 1.82) is 0 Å². The van der Waals surface area contributed by atoms with Gasteiger partial charge in [0.1, 0.15) is 0 Å². The Morgan fingerprint density at radius 1 is 0.241 bits per heavy atom. The maximum atomic E-state index is 5.07. The summed E-state index contributed by atoms with van der Waals surface area (Å²) in [7, 11) is 0. The van der Waals surface area contributed by atoms with Gasteiger partial charge in [-0.2, -0.15) is 0 Å². The number of aromatic nitrogens is 5. The average molecular weight is 692 g/mol. The molecule has 9 rings (SSSR count). The van der Waals surface area contributed by atoms with Gasteiger partial charge in [0, 0.05) is 29.1 Å². The van der Waals surface area contributed by atoms with E-state index in [0.717, 1.165) is 84.2 Å². The van der Waals surface area contributed by atoms with Crippen LogP contribution in [0.15, 0.2) is 200 Å². The molecule has 9 aromatic rings. The Morgan fingerprint density at radius 2 is 0.741 bits per heavy atom. The SMILES string of the molecule is c1ccc(-c2cc(-c3ccccn3)nc(-c3cc(-c4ccccc4-c4ccc(-c5nc(-c6ccccc6)cc(-c6ccccc6)n5)cc4)ccn3)c2)cc1. The van der Waals surface area contributed by atoms with Crippen LogP contribution in [0.1, 0.15) is 0 Å². The minimum Gasteiger partial charge on any atom is -0.255 e. The number of hydrogen-bond acceptors (Lipinski definition) is 5. The van der Waals surface area contributed by atoms with Crippen LogP contribution in [0.25, 0.3) is 90.1 Å². The molecule has 0 aliphatic heterocycles. The molecular formula is C49H33N5. The number of hydrogen-bond donors (Lipinski definition) is 0. The first-order valence-electron chi connectivity index (χ1n) is 17.9. The van der Waals surface area contributed by atoms with Gasteiger partial charge in [0.2, 0.25) is 0 Å². The van der Waals surface area contributed by atoms with E-state index in [2.05, 4.69) is 132 Å². The van der Waals surface area contributed by atoms with E-state index in [1.54, 1.807) is 6.20 Å². The summed E-state index contributed by atoms with van der Waals surface area (Å²) in [4.78, 5) is 24.5. The lowest BCUT2D eigenvalue weighted by atomic mass is 9.93. The standard InChI is InChI=1S/C49H33N5/c1-4-14-34(15-5-1)40-31-47(43-22-12-13-28-50-43)52-48(32-40)46-30-39(27-29-51-46)42-21-11-10-20-41(42)35-23-25-38(26-24-35)49-53-44(36-16-6-2-7-17-36)33-45(54-49)37-18-8-3-9-19-37/h1-33H. The lowest BCUT2D eigenvalue weighted by Crippen LogP contribution is -1.96. The third-order valence-corrected chi connectivity index (χ3v) is 9.44. The van der Waals surface area contributed by atoms with Gasteiger partial charge in [-0.25, -0.2) is 15.0 Å². The van der Waals surface area contributed by atoms with Gasteiger partial charge in [0.05, 0.1) is 34.2 Å². The van der Waals surface area contributed by atoms with E-state index in [0.29, 0.717) is 5.82 Å². The molecule has 4 heterocycles. The van der Waals surface area contributed by atoms with Gasteiger partial charge in [-0.15, -0.1) is 0 Å². The summed E-state index contributed by atoms with van der Waals surface area (Å²) in [6, 6.07) is 64.2. The molecule has 0 atom stereocenters. The smallest absolute Gasteiger partial charge is 0.160 e. The number of rotatable bonds is 8. The van der Waals surface area contributed by atoms with Crippen LogP contribution in [0.5, 0.6) is 0 Å². The van der Waals surface area contributed by atoms with Crippen molar-refractivity contribution in [3.05, 3.63) is 200 Å². The molecule has 5 heteroatoms. The fourth-order valence-corrected chi connectivity index (χ4v) is 6.72. The number of nitrogens with zero attached hydrogens (tertiary/aromatic N) is 5. The summed E-state index contributed by atoms with van der Waals surface area (Å²) in [6.07, 6.45) is 3.66. The van der Waals surface area contributed by atoms with Crippen molar-refractivity contribution in [1.82, 2.24) is 24.9 Å². The highest BCUT2D eigenvalue weighted by Crippen LogP contribution is 2.36. The van der Waals surface area contributed by atoms with E-state index in [9.17, 15) is 0 Å². The normalized spacial score (nSPS) is 11.0. The van der Waals surface area contributed by atoms with Crippen molar-refractivity contribution in [2.75, 3.05) is 0 Å². The zero-order chi connectivity index (χ0) is 36.1. The van der Waals surface area contributed by atoms with Gasteiger partial charge in [0.25, 0.3) is 0 Å². The van der Waals surface area contributed by atoms with Crippen LogP contribution >= 0.6 is 0 Å². The fraction of sp³-hybridized carbons (Fsp3) is 0. The van der Waals surface area contributed by atoms with Gasteiger partial charge >= 0.3 is 0 Å². The summed E-state index contributed by atoms with van der Waals surface area (Å²) >= 11 is 0. The molecule has 0 bridgehead atoms. The van der Waals surface area contributed by atoms with Gasteiger partial charge in [0.15, 0.2) is 5.82 Å². The van der Waals surface area contributed by atoms with Crippen LogP contribution in [0, 0.1) is 0 Å². The van der Waals surface area contributed by atoms with E-state index in [1.807, 2.05) is 66.9 Å². The molecule has 0 aliphatic rings. The molecule has 0 spiro atoms. The summed E-state index contributed by atoms with van der Waals surface area (Å²) in [5.74, 6) is 0.684. The topological polar surface area (TPSA) is 64.5 Å². The van der Waals surface area contributed by atoms with Gasteiger partial charge < -0.3 is 0 Å². The van der Waals surface area contributed by atoms with Crippen molar-refractivity contribution in [3.63, 3.8) is 0 Å². The van der Waals surface area contributed by atoms with E-state index in [-0.39, 0.29) is 0 Å². The Labute approximate surface area is 314 Å². The zero-order valence-corrected chi connectivity index (χ0v) is 29.3. The van der Waals surface area contributed by atoms with E-state index >= 15 is 0 Å². The van der Waals surface area contributed by atoms with Crippen molar-refractivity contribution in [2.24, 2.45) is 0 Å². The minimum atomic E-state index is 0.684.